The van der Waals surface area contributed by atoms with Gasteiger partial charge < -0.3 is 15.0 Å². The van der Waals surface area contributed by atoms with E-state index in [2.05, 4.69) is 15.3 Å². The van der Waals surface area contributed by atoms with Gasteiger partial charge in [0.05, 0.1) is 11.0 Å². The maximum absolute atomic E-state index is 5.84. The largest absolute Gasteiger partial charge is 0.425 e. The molecule has 0 aliphatic rings. The Morgan fingerprint density at radius 1 is 1.11 bits per heavy atom. The molecule has 0 spiro atoms. The number of para-hydroxylation sites is 3. The SMILES string of the molecule is CNCc1ccccc1Oc1nc2ccccc2[nH]1. The normalized spacial score (nSPS) is 10.8. The lowest BCUT2D eigenvalue weighted by Crippen LogP contribution is -2.06. The number of hydrogen-bond donors (Lipinski definition) is 2. The van der Waals surface area contributed by atoms with Gasteiger partial charge in [0.15, 0.2) is 0 Å². The summed E-state index contributed by atoms with van der Waals surface area (Å²) in [4.78, 5) is 7.57. The van der Waals surface area contributed by atoms with Crippen LogP contribution in [0.25, 0.3) is 11.0 Å². The van der Waals surface area contributed by atoms with Gasteiger partial charge in [-0.1, -0.05) is 30.3 Å². The first-order valence-electron chi connectivity index (χ1n) is 6.22. The molecule has 0 atom stereocenters. The molecule has 2 N–H and O–H groups in total. The first-order chi connectivity index (χ1) is 9.36. The summed E-state index contributed by atoms with van der Waals surface area (Å²) >= 11 is 0. The van der Waals surface area contributed by atoms with Gasteiger partial charge in [-0.25, -0.2) is 0 Å². The van der Waals surface area contributed by atoms with Gasteiger partial charge >= 0.3 is 0 Å². The molecule has 0 saturated carbocycles. The van der Waals surface area contributed by atoms with Crippen LogP contribution in [0.15, 0.2) is 48.5 Å². The highest BCUT2D eigenvalue weighted by atomic mass is 16.5. The zero-order valence-corrected chi connectivity index (χ0v) is 10.7. The van der Waals surface area contributed by atoms with Crippen molar-refractivity contribution < 1.29 is 4.74 Å². The van der Waals surface area contributed by atoms with Crippen LogP contribution in [0, 0.1) is 0 Å². The van der Waals surface area contributed by atoms with Crippen molar-refractivity contribution in [3.63, 3.8) is 0 Å². The van der Waals surface area contributed by atoms with Crippen LogP contribution in [0.2, 0.25) is 0 Å². The van der Waals surface area contributed by atoms with E-state index in [-0.39, 0.29) is 0 Å². The number of hydrogen-bond acceptors (Lipinski definition) is 3. The van der Waals surface area contributed by atoms with Crippen molar-refractivity contribution in [2.45, 2.75) is 6.54 Å². The monoisotopic (exact) mass is 253 g/mol. The van der Waals surface area contributed by atoms with E-state index in [1.54, 1.807) is 0 Å². The number of aromatic nitrogens is 2. The number of benzene rings is 2. The van der Waals surface area contributed by atoms with Crippen LogP contribution < -0.4 is 10.1 Å². The van der Waals surface area contributed by atoms with Crippen LogP contribution in [0.1, 0.15) is 5.56 Å². The maximum Gasteiger partial charge on any atom is 0.300 e. The molecule has 0 aliphatic carbocycles. The number of imidazole rings is 1. The van der Waals surface area contributed by atoms with Crippen molar-refractivity contribution in [3.05, 3.63) is 54.1 Å². The molecule has 4 heteroatoms. The molecule has 0 radical (unpaired) electrons. The minimum atomic E-state index is 0.518. The average Bonchev–Trinajstić information content (AvgIpc) is 2.83. The molecule has 0 saturated heterocycles. The summed E-state index contributed by atoms with van der Waals surface area (Å²) < 4.78 is 5.84. The maximum atomic E-state index is 5.84. The molecule has 4 nitrogen and oxygen atoms in total. The van der Waals surface area contributed by atoms with E-state index in [9.17, 15) is 0 Å². The second-order valence-electron chi connectivity index (χ2n) is 4.30. The Hall–Kier alpha value is -2.33. The standard InChI is InChI=1S/C15H15N3O/c1-16-10-11-6-2-5-9-14(11)19-15-17-12-7-3-4-8-13(12)18-15/h2-9,16H,10H2,1H3,(H,17,18). The summed E-state index contributed by atoms with van der Waals surface area (Å²) in [5.41, 5.74) is 2.98. The first-order valence-corrected chi connectivity index (χ1v) is 6.22. The third-order valence-corrected chi connectivity index (χ3v) is 2.91. The molecule has 0 amide bonds. The Kier molecular flexibility index (Phi) is 3.16. The molecule has 2 aromatic carbocycles. The molecule has 3 rings (SSSR count). The van der Waals surface area contributed by atoms with E-state index >= 15 is 0 Å². The molecule has 0 bridgehead atoms. The Labute approximate surface area is 111 Å². The van der Waals surface area contributed by atoms with Crippen LogP contribution in [0.4, 0.5) is 0 Å². The van der Waals surface area contributed by atoms with Gasteiger partial charge in [-0.3, -0.25) is 0 Å². The number of aromatic amines is 1. The zero-order valence-electron chi connectivity index (χ0n) is 10.7. The smallest absolute Gasteiger partial charge is 0.300 e. The van der Waals surface area contributed by atoms with Gasteiger partial charge in [0, 0.05) is 12.1 Å². The summed E-state index contributed by atoms with van der Waals surface area (Å²) in [6.07, 6.45) is 0. The third kappa shape index (κ3) is 2.44. The van der Waals surface area contributed by atoms with Crippen LogP contribution in [-0.2, 0) is 6.54 Å². The second kappa shape index (κ2) is 5.12. The number of fused-ring (bicyclic) bond motifs is 1. The zero-order chi connectivity index (χ0) is 13.1. The molecule has 0 unspecified atom stereocenters. The van der Waals surface area contributed by atoms with Gasteiger partial charge in [0.25, 0.3) is 6.01 Å². The Bertz CT molecular complexity index is 657. The van der Waals surface area contributed by atoms with Crippen LogP contribution in [0.3, 0.4) is 0 Å². The number of ether oxygens (including phenoxy) is 1. The molecule has 3 aromatic rings. The summed E-state index contributed by atoms with van der Waals surface area (Å²) in [5.74, 6) is 0.816. The molecule has 1 aromatic heterocycles. The molecule has 1 heterocycles. The fourth-order valence-electron chi connectivity index (χ4n) is 2.02. The lowest BCUT2D eigenvalue weighted by atomic mass is 10.2. The van der Waals surface area contributed by atoms with Crippen LogP contribution in [-0.4, -0.2) is 17.0 Å². The Balaban J connectivity index is 1.92. The molecule has 0 aliphatic heterocycles. The van der Waals surface area contributed by atoms with E-state index in [1.165, 1.54) is 0 Å². The topological polar surface area (TPSA) is 49.9 Å². The molecular formula is C15H15N3O. The van der Waals surface area contributed by atoms with Gasteiger partial charge in [0.2, 0.25) is 0 Å². The minimum absolute atomic E-state index is 0.518. The lowest BCUT2D eigenvalue weighted by molar-refractivity contribution is 0.442. The Morgan fingerprint density at radius 2 is 1.89 bits per heavy atom. The number of nitrogens with zero attached hydrogens (tertiary/aromatic N) is 1. The van der Waals surface area contributed by atoms with Crippen molar-refractivity contribution in [1.82, 2.24) is 15.3 Å². The highest BCUT2D eigenvalue weighted by Gasteiger charge is 2.07. The van der Waals surface area contributed by atoms with Crippen LogP contribution in [0.5, 0.6) is 11.8 Å². The van der Waals surface area contributed by atoms with Crippen molar-refractivity contribution in [2.75, 3.05) is 7.05 Å². The fraction of sp³-hybridized carbons (Fsp3) is 0.133. The summed E-state index contributed by atoms with van der Waals surface area (Å²) in [6.45, 7) is 0.760. The quantitative estimate of drug-likeness (QED) is 0.751. The van der Waals surface area contributed by atoms with Gasteiger partial charge in [-0.2, -0.15) is 4.98 Å². The van der Waals surface area contributed by atoms with Crippen molar-refractivity contribution in [3.8, 4) is 11.8 Å². The van der Waals surface area contributed by atoms with E-state index in [0.29, 0.717) is 6.01 Å². The molecule has 96 valence electrons. The fourth-order valence-corrected chi connectivity index (χ4v) is 2.02. The predicted molar refractivity (Wildman–Crippen MR) is 75.4 cm³/mol. The first kappa shape index (κ1) is 11.7. The van der Waals surface area contributed by atoms with Gasteiger partial charge in [-0.15, -0.1) is 0 Å². The number of H-pyrrole nitrogens is 1. The van der Waals surface area contributed by atoms with E-state index in [4.69, 9.17) is 4.74 Å². The molecule has 19 heavy (non-hydrogen) atoms. The molecule has 0 fully saturated rings. The number of nitrogens with one attached hydrogen (secondary N) is 2. The summed E-state index contributed by atoms with van der Waals surface area (Å²) in [5, 5.41) is 3.13. The summed E-state index contributed by atoms with van der Waals surface area (Å²) in [7, 11) is 1.91. The number of rotatable bonds is 4. The average molecular weight is 253 g/mol. The predicted octanol–water partition coefficient (Wildman–Crippen LogP) is 3.07. The third-order valence-electron chi connectivity index (χ3n) is 2.91. The summed E-state index contributed by atoms with van der Waals surface area (Å²) in [6, 6.07) is 16.3. The highest BCUT2D eigenvalue weighted by molar-refractivity contribution is 5.75. The minimum Gasteiger partial charge on any atom is -0.425 e. The second-order valence-corrected chi connectivity index (χ2v) is 4.30. The Morgan fingerprint density at radius 3 is 2.74 bits per heavy atom. The van der Waals surface area contributed by atoms with Gasteiger partial charge in [0.1, 0.15) is 5.75 Å². The van der Waals surface area contributed by atoms with Gasteiger partial charge in [-0.05, 0) is 25.2 Å². The molecular weight excluding hydrogens is 238 g/mol. The van der Waals surface area contributed by atoms with E-state index in [1.807, 2.05) is 55.6 Å². The highest BCUT2D eigenvalue weighted by Crippen LogP contribution is 2.24. The van der Waals surface area contributed by atoms with E-state index < -0.39 is 0 Å². The van der Waals surface area contributed by atoms with E-state index in [0.717, 1.165) is 28.9 Å². The van der Waals surface area contributed by atoms with Crippen molar-refractivity contribution >= 4 is 11.0 Å². The van der Waals surface area contributed by atoms with Crippen LogP contribution >= 0.6 is 0 Å². The van der Waals surface area contributed by atoms with Crippen molar-refractivity contribution in [2.24, 2.45) is 0 Å². The lowest BCUT2D eigenvalue weighted by Gasteiger charge is -2.08. The van der Waals surface area contributed by atoms with Crippen molar-refractivity contribution in [1.29, 1.82) is 0 Å².